The molecule has 0 saturated carbocycles. The molecule has 26 heavy (non-hydrogen) atoms. The number of rotatable bonds is 6. The van der Waals surface area contributed by atoms with Crippen LogP contribution in [0.15, 0.2) is 36.5 Å². The van der Waals surface area contributed by atoms with Crippen LogP contribution in [0.5, 0.6) is 11.5 Å². The van der Waals surface area contributed by atoms with E-state index >= 15 is 0 Å². The maximum Gasteiger partial charge on any atom is 0.254 e. The van der Waals surface area contributed by atoms with Crippen molar-refractivity contribution in [2.75, 3.05) is 27.4 Å². The Bertz CT molecular complexity index is 778. The number of carbonyl (C=O) groups excluding carboxylic acids is 1. The summed E-state index contributed by atoms with van der Waals surface area (Å²) in [6.07, 6.45) is 4.72. The highest BCUT2D eigenvalue weighted by molar-refractivity contribution is 5.95. The van der Waals surface area contributed by atoms with E-state index in [1.807, 2.05) is 13.1 Å². The molecule has 138 valence electrons. The Kier molecular flexibility index (Phi) is 5.73. The number of hydrogen-bond acceptors (Lipinski definition) is 5. The summed E-state index contributed by atoms with van der Waals surface area (Å²) in [5.41, 5.74) is 2.72. The van der Waals surface area contributed by atoms with E-state index < -0.39 is 0 Å². The number of aryl methyl sites for hydroxylation is 1. The monoisotopic (exact) mass is 356 g/mol. The van der Waals surface area contributed by atoms with Crippen LogP contribution in [0.25, 0.3) is 0 Å². The summed E-state index contributed by atoms with van der Waals surface area (Å²) in [6.45, 7) is 0.0372. The third kappa shape index (κ3) is 3.65. The fourth-order valence-corrected chi connectivity index (χ4v) is 3.39. The van der Waals surface area contributed by atoms with Crippen LogP contribution in [0.1, 0.15) is 40.5 Å². The number of hydrogen-bond donors (Lipinski definition) is 1. The summed E-state index contributed by atoms with van der Waals surface area (Å²) >= 11 is 0. The van der Waals surface area contributed by atoms with E-state index in [0.29, 0.717) is 17.1 Å². The summed E-state index contributed by atoms with van der Waals surface area (Å²) in [6, 6.07) is 9.09. The van der Waals surface area contributed by atoms with Gasteiger partial charge in [-0.3, -0.25) is 9.78 Å². The van der Waals surface area contributed by atoms with Gasteiger partial charge in [0.1, 0.15) is 6.61 Å². The Balaban J connectivity index is 1.85. The Morgan fingerprint density at radius 3 is 2.96 bits per heavy atom. The van der Waals surface area contributed by atoms with E-state index in [-0.39, 0.29) is 25.2 Å². The van der Waals surface area contributed by atoms with Crippen molar-refractivity contribution < 1.29 is 19.4 Å². The van der Waals surface area contributed by atoms with Gasteiger partial charge < -0.3 is 19.5 Å². The summed E-state index contributed by atoms with van der Waals surface area (Å²) in [5, 5.41) is 8.97. The number of pyridine rings is 1. The summed E-state index contributed by atoms with van der Waals surface area (Å²) < 4.78 is 10.8. The van der Waals surface area contributed by atoms with Crippen molar-refractivity contribution in [2.24, 2.45) is 0 Å². The standard InChI is InChI=1S/C20H24N2O4/c1-22(16-7-3-5-14-6-4-10-21-19(14)16)20(24)15-8-9-17(25-2)18(13-15)26-12-11-23/h4,6,8-10,13,16,23H,3,5,7,11-12H2,1-2H3. The minimum Gasteiger partial charge on any atom is -0.493 e. The summed E-state index contributed by atoms with van der Waals surface area (Å²) in [7, 11) is 3.36. The van der Waals surface area contributed by atoms with E-state index in [2.05, 4.69) is 11.1 Å². The van der Waals surface area contributed by atoms with Gasteiger partial charge in [-0.1, -0.05) is 6.07 Å². The first-order valence-corrected chi connectivity index (χ1v) is 8.78. The number of amides is 1. The van der Waals surface area contributed by atoms with Gasteiger partial charge in [-0.2, -0.15) is 0 Å². The number of methoxy groups -OCH3 is 1. The van der Waals surface area contributed by atoms with Gasteiger partial charge in [0.2, 0.25) is 0 Å². The highest BCUT2D eigenvalue weighted by Gasteiger charge is 2.28. The molecule has 2 aromatic rings. The zero-order valence-corrected chi connectivity index (χ0v) is 15.1. The average molecular weight is 356 g/mol. The van der Waals surface area contributed by atoms with Gasteiger partial charge in [0, 0.05) is 18.8 Å². The number of fused-ring (bicyclic) bond motifs is 1. The predicted octanol–water partition coefficient (Wildman–Crippen LogP) is 2.61. The maximum absolute atomic E-state index is 13.0. The lowest BCUT2D eigenvalue weighted by Crippen LogP contribution is -2.34. The smallest absolute Gasteiger partial charge is 0.254 e. The van der Waals surface area contributed by atoms with E-state index in [4.69, 9.17) is 14.6 Å². The van der Waals surface area contributed by atoms with Gasteiger partial charge in [0.05, 0.1) is 25.5 Å². The molecule has 1 heterocycles. The topological polar surface area (TPSA) is 71.9 Å². The molecule has 0 radical (unpaired) electrons. The second-order valence-corrected chi connectivity index (χ2v) is 6.31. The van der Waals surface area contributed by atoms with E-state index in [1.54, 1.807) is 36.4 Å². The molecule has 1 aliphatic carbocycles. The largest absolute Gasteiger partial charge is 0.493 e. The third-order valence-electron chi connectivity index (χ3n) is 4.71. The van der Waals surface area contributed by atoms with Gasteiger partial charge in [-0.25, -0.2) is 0 Å². The fourth-order valence-electron chi connectivity index (χ4n) is 3.39. The number of aromatic nitrogens is 1. The van der Waals surface area contributed by atoms with Crippen LogP contribution in [-0.2, 0) is 6.42 Å². The normalized spacial score (nSPS) is 15.9. The third-order valence-corrected chi connectivity index (χ3v) is 4.71. The molecule has 6 nitrogen and oxygen atoms in total. The predicted molar refractivity (Wildman–Crippen MR) is 97.6 cm³/mol. The molecule has 6 heteroatoms. The molecule has 3 rings (SSSR count). The van der Waals surface area contributed by atoms with Crippen molar-refractivity contribution in [2.45, 2.75) is 25.3 Å². The van der Waals surface area contributed by atoms with E-state index in [9.17, 15) is 4.79 Å². The van der Waals surface area contributed by atoms with Crippen molar-refractivity contribution in [3.05, 3.63) is 53.3 Å². The average Bonchev–Trinajstić information content (AvgIpc) is 2.70. The number of benzene rings is 1. The van der Waals surface area contributed by atoms with Crippen LogP contribution in [0.3, 0.4) is 0 Å². The summed E-state index contributed by atoms with van der Waals surface area (Å²) in [4.78, 5) is 19.3. The second-order valence-electron chi connectivity index (χ2n) is 6.31. The molecule has 0 saturated heterocycles. The molecular weight excluding hydrogens is 332 g/mol. The van der Waals surface area contributed by atoms with E-state index in [0.717, 1.165) is 25.0 Å². The Hall–Kier alpha value is -2.60. The van der Waals surface area contributed by atoms with Crippen LogP contribution in [0, 0.1) is 0 Å². The number of carbonyl (C=O) groups is 1. The first-order valence-electron chi connectivity index (χ1n) is 8.78. The molecule has 0 spiro atoms. The van der Waals surface area contributed by atoms with Gasteiger partial charge in [0.15, 0.2) is 11.5 Å². The molecule has 1 aromatic carbocycles. The molecule has 0 aliphatic heterocycles. The van der Waals surface area contributed by atoms with Crippen LogP contribution < -0.4 is 9.47 Å². The Labute approximate surface area is 153 Å². The first kappa shape index (κ1) is 18.2. The first-order chi connectivity index (χ1) is 12.7. The number of aliphatic hydroxyl groups excluding tert-OH is 1. The van der Waals surface area contributed by atoms with Gasteiger partial charge in [-0.05, 0) is 49.1 Å². The molecule has 1 atom stereocenters. The molecule has 1 N–H and O–H groups in total. The summed E-state index contributed by atoms with van der Waals surface area (Å²) in [5.74, 6) is 0.885. The molecule has 1 aromatic heterocycles. The van der Waals surface area contributed by atoms with Gasteiger partial charge in [-0.15, -0.1) is 0 Å². The van der Waals surface area contributed by atoms with Crippen LogP contribution in [0.2, 0.25) is 0 Å². The lowest BCUT2D eigenvalue weighted by molar-refractivity contribution is 0.0710. The lowest BCUT2D eigenvalue weighted by atomic mass is 9.91. The molecular formula is C20H24N2O4. The molecule has 1 unspecified atom stereocenters. The Morgan fingerprint density at radius 2 is 2.19 bits per heavy atom. The minimum absolute atomic E-state index is 0.0311. The van der Waals surface area contributed by atoms with Crippen molar-refractivity contribution in [1.29, 1.82) is 0 Å². The number of ether oxygens (including phenoxy) is 2. The highest BCUT2D eigenvalue weighted by Crippen LogP contribution is 2.34. The van der Waals surface area contributed by atoms with Crippen molar-refractivity contribution in [3.8, 4) is 11.5 Å². The van der Waals surface area contributed by atoms with Gasteiger partial charge >= 0.3 is 0 Å². The SMILES string of the molecule is COc1ccc(C(=O)N(C)C2CCCc3cccnc32)cc1OCCO. The molecule has 1 amide bonds. The van der Waals surface area contributed by atoms with Crippen molar-refractivity contribution in [1.82, 2.24) is 9.88 Å². The van der Waals surface area contributed by atoms with Crippen LogP contribution in [-0.4, -0.2) is 48.3 Å². The molecule has 0 bridgehead atoms. The number of aliphatic hydroxyl groups is 1. The van der Waals surface area contributed by atoms with Gasteiger partial charge in [0.25, 0.3) is 5.91 Å². The zero-order chi connectivity index (χ0) is 18.5. The minimum atomic E-state index is -0.105. The quantitative estimate of drug-likeness (QED) is 0.861. The highest BCUT2D eigenvalue weighted by atomic mass is 16.5. The van der Waals surface area contributed by atoms with E-state index in [1.165, 1.54) is 5.56 Å². The van der Waals surface area contributed by atoms with Crippen LogP contribution >= 0.6 is 0 Å². The van der Waals surface area contributed by atoms with Crippen LogP contribution in [0.4, 0.5) is 0 Å². The molecule has 0 fully saturated rings. The second kappa shape index (κ2) is 8.19. The lowest BCUT2D eigenvalue weighted by Gasteiger charge is -2.32. The molecule has 1 aliphatic rings. The fraction of sp³-hybridized carbons (Fsp3) is 0.400. The Morgan fingerprint density at radius 1 is 1.35 bits per heavy atom. The van der Waals surface area contributed by atoms with Crippen molar-refractivity contribution >= 4 is 5.91 Å². The zero-order valence-electron chi connectivity index (χ0n) is 15.1. The number of nitrogens with zero attached hydrogens (tertiary/aromatic N) is 2. The van der Waals surface area contributed by atoms with Crippen molar-refractivity contribution in [3.63, 3.8) is 0 Å². The maximum atomic E-state index is 13.0.